The number of benzene rings is 1. The van der Waals surface area contributed by atoms with Crippen molar-refractivity contribution in [3.8, 4) is 11.3 Å². The molecule has 1 amide bonds. The van der Waals surface area contributed by atoms with Crippen molar-refractivity contribution in [1.82, 2.24) is 29.3 Å². The first kappa shape index (κ1) is 23.3. The lowest BCUT2D eigenvalue weighted by molar-refractivity contribution is 0.0177. The smallest absolute Gasteiger partial charge is 0.410 e. The van der Waals surface area contributed by atoms with E-state index in [0.29, 0.717) is 42.3 Å². The Labute approximate surface area is 203 Å². The van der Waals surface area contributed by atoms with E-state index in [9.17, 15) is 4.79 Å². The second-order valence-electron chi connectivity index (χ2n) is 10.5. The zero-order chi connectivity index (χ0) is 24.9. The summed E-state index contributed by atoms with van der Waals surface area (Å²) in [6.45, 7) is 11.5. The van der Waals surface area contributed by atoms with Gasteiger partial charge in [-0.3, -0.25) is 4.68 Å². The summed E-state index contributed by atoms with van der Waals surface area (Å²) in [5.74, 6) is -0.000841. The standard InChI is InChI=1S/C26H31FN6O2/c1-16-10-22(29-33-13-17(2)28-24(16)33)19-11-20-15-32(30-23(20)21(27)12-19)14-18-6-8-31(9-7-18)25(34)35-26(3,4)5/h10-13,15,18H,6-9,14H2,1-5H3. The Morgan fingerprint density at radius 3 is 2.57 bits per heavy atom. The van der Waals surface area contributed by atoms with Crippen LogP contribution in [0.5, 0.6) is 0 Å². The zero-order valence-corrected chi connectivity index (χ0v) is 20.9. The van der Waals surface area contributed by atoms with Gasteiger partial charge in [0.15, 0.2) is 11.5 Å². The van der Waals surface area contributed by atoms with Gasteiger partial charge in [0.05, 0.1) is 17.6 Å². The summed E-state index contributed by atoms with van der Waals surface area (Å²) < 4.78 is 24.1. The summed E-state index contributed by atoms with van der Waals surface area (Å²) >= 11 is 0. The van der Waals surface area contributed by atoms with Crippen LogP contribution in [-0.4, -0.2) is 54.1 Å². The van der Waals surface area contributed by atoms with Crippen molar-refractivity contribution in [2.45, 2.75) is 59.6 Å². The van der Waals surface area contributed by atoms with Gasteiger partial charge >= 0.3 is 6.09 Å². The topological polar surface area (TPSA) is 77.6 Å². The molecule has 3 aromatic heterocycles. The number of aryl methyl sites for hydroxylation is 2. The number of carbonyl (C=O) groups is 1. The maximum atomic E-state index is 15.0. The van der Waals surface area contributed by atoms with Crippen molar-refractivity contribution in [3.63, 3.8) is 0 Å². The number of aromatic nitrogens is 5. The average molecular weight is 479 g/mol. The first-order chi connectivity index (χ1) is 16.6. The fraction of sp³-hybridized carbons (Fsp3) is 0.462. The van der Waals surface area contributed by atoms with Crippen LogP contribution in [0.25, 0.3) is 27.8 Å². The molecule has 0 bridgehead atoms. The third-order valence-electron chi connectivity index (χ3n) is 6.35. The minimum Gasteiger partial charge on any atom is -0.444 e. The SMILES string of the molecule is Cc1cn2nc(-c3cc(F)c4nn(CC5CCN(C(=O)OC(C)(C)C)CC5)cc4c3)cc(C)c2n1. The predicted molar refractivity (Wildman–Crippen MR) is 132 cm³/mol. The van der Waals surface area contributed by atoms with Crippen LogP contribution in [0.15, 0.2) is 30.6 Å². The van der Waals surface area contributed by atoms with Gasteiger partial charge in [-0.05, 0) is 77.1 Å². The summed E-state index contributed by atoms with van der Waals surface area (Å²) in [5.41, 5.74) is 3.93. The molecule has 5 rings (SSSR count). The fourth-order valence-corrected chi connectivity index (χ4v) is 4.66. The monoisotopic (exact) mass is 478 g/mol. The van der Waals surface area contributed by atoms with E-state index in [-0.39, 0.29) is 11.9 Å². The lowest BCUT2D eigenvalue weighted by Crippen LogP contribution is -2.42. The van der Waals surface area contributed by atoms with Crippen LogP contribution in [0.1, 0.15) is 44.9 Å². The molecule has 9 heteroatoms. The highest BCUT2D eigenvalue weighted by atomic mass is 19.1. The van der Waals surface area contributed by atoms with Gasteiger partial charge in [-0.2, -0.15) is 10.2 Å². The fourth-order valence-electron chi connectivity index (χ4n) is 4.66. The van der Waals surface area contributed by atoms with E-state index < -0.39 is 5.60 Å². The van der Waals surface area contributed by atoms with Crippen LogP contribution >= 0.6 is 0 Å². The molecular weight excluding hydrogens is 447 g/mol. The molecule has 1 aliphatic rings. The number of likely N-dealkylation sites (tertiary alicyclic amines) is 1. The Morgan fingerprint density at radius 2 is 1.86 bits per heavy atom. The number of piperidine rings is 1. The molecule has 8 nitrogen and oxygen atoms in total. The van der Waals surface area contributed by atoms with Crippen LogP contribution in [0.4, 0.5) is 9.18 Å². The van der Waals surface area contributed by atoms with Crippen molar-refractivity contribution in [1.29, 1.82) is 0 Å². The van der Waals surface area contributed by atoms with Crippen LogP contribution in [0, 0.1) is 25.6 Å². The highest BCUT2D eigenvalue weighted by Gasteiger charge is 2.27. The molecule has 1 saturated heterocycles. The normalized spacial score (nSPS) is 15.3. The lowest BCUT2D eigenvalue weighted by atomic mass is 9.97. The molecule has 0 N–H and O–H groups in total. The number of ether oxygens (including phenoxy) is 1. The number of carbonyl (C=O) groups excluding carboxylic acids is 1. The van der Waals surface area contributed by atoms with E-state index in [1.165, 1.54) is 6.07 Å². The lowest BCUT2D eigenvalue weighted by Gasteiger charge is -2.33. The van der Waals surface area contributed by atoms with E-state index in [2.05, 4.69) is 15.2 Å². The highest BCUT2D eigenvalue weighted by Crippen LogP contribution is 2.28. The van der Waals surface area contributed by atoms with Gasteiger partial charge in [0.25, 0.3) is 0 Å². The molecule has 0 radical (unpaired) electrons. The van der Waals surface area contributed by atoms with E-state index in [4.69, 9.17) is 4.74 Å². The molecule has 4 heterocycles. The van der Waals surface area contributed by atoms with E-state index in [1.807, 2.05) is 63.8 Å². The van der Waals surface area contributed by atoms with Crippen LogP contribution in [-0.2, 0) is 11.3 Å². The summed E-state index contributed by atoms with van der Waals surface area (Å²) in [6, 6.07) is 5.37. The minimum absolute atomic E-state index is 0.261. The number of rotatable bonds is 3. The summed E-state index contributed by atoms with van der Waals surface area (Å²) in [7, 11) is 0. The molecule has 1 aromatic carbocycles. The van der Waals surface area contributed by atoms with Gasteiger partial charge in [-0.1, -0.05) is 0 Å². The molecule has 0 aliphatic carbocycles. The number of imidazole rings is 1. The molecule has 0 unspecified atom stereocenters. The number of nitrogens with zero attached hydrogens (tertiary/aromatic N) is 6. The second kappa shape index (κ2) is 8.62. The van der Waals surface area contributed by atoms with E-state index >= 15 is 4.39 Å². The summed E-state index contributed by atoms with van der Waals surface area (Å²) in [4.78, 5) is 18.6. The van der Waals surface area contributed by atoms with Gasteiger partial charge < -0.3 is 9.64 Å². The van der Waals surface area contributed by atoms with Gasteiger partial charge in [-0.25, -0.2) is 18.7 Å². The van der Waals surface area contributed by atoms with Crippen molar-refractivity contribution in [2.75, 3.05) is 13.1 Å². The van der Waals surface area contributed by atoms with E-state index in [1.54, 1.807) is 9.42 Å². The van der Waals surface area contributed by atoms with Crippen molar-refractivity contribution in [3.05, 3.63) is 47.7 Å². The molecule has 4 aromatic rings. The summed E-state index contributed by atoms with van der Waals surface area (Å²) in [6.07, 6.45) is 5.22. The maximum absolute atomic E-state index is 15.0. The number of hydrogen-bond acceptors (Lipinski definition) is 5. The largest absolute Gasteiger partial charge is 0.444 e. The Kier molecular flexibility index (Phi) is 5.73. The molecule has 0 saturated carbocycles. The summed E-state index contributed by atoms with van der Waals surface area (Å²) in [5, 5.41) is 9.90. The van der Waals surface area contributed by atoms with E-state index in [0.717, 1.165) is 35.1 Å². The minimum atomic E-state index is -0.496. The zero-order valence-electron chi connectivity index (χ0n) is 20.9. The van der Waals surface area contributed by atoms with Gasteiger partial charge in [-0.15, -0.1) is 0 Å². The Bertz CT molecular complexity index is 1410. The van der Waals surface area contributed by atoms with Crippen LogP contribution < -0.4 is 0 Å². The number of hydrogen-bond donors (Lipinski definition) is 0. The van der Waals surface area contributed by atoms with Gasteiger partial charge in [0.1, 0.15) is 11.1 Å². The molecule has 1 fully saturated rings. The predicted octanol–water partition coefficient (Wildman–Crippen LogP) is 5.15. The molecule has 184 valence electrons. The average Bonchev–Trinajstić information content (AvgIpc) is 3.36. The first-order valence-corrected chi connectivity index (χ1v) is 12.0. The molecule has 0 spiro atoms. The quantitative estimate of drug-likeness (QED) is 0.407. The van der Waals surface area contributed by atoms with Crippen molar-refractivity contribution in [2.24, 2.45) is 5.92 Å². The Morgan fingerprint density at radius 1 is 1.11 bits per heavy atom. The van der Waals surface area contributed by atoms with Gasteiger partial charge in [0, 0.05) is 36.8 Å². The molecule has 1 aliphatic heterocycles. The van der Waals surface area contributed by atoms with Crippen LogP contribution in [0.3, 0.4) is 0 Å². The van der Waals surface area contributed by atoms with Crippen molar-refractivity contribution >= 4 is 22.6 Å². The molecule has 35 heavy (non-hydrogen) atoms. The van der Waals surface area contributed by atoms with Gasteiger partial charge in [0.2, 0.25) is 0 Å². The molecular formula is C26H31FN6O2. The third-order valence-corrected chi connectivity index (χ3v) is 6.35. The Hall–Kier alpha value is -3.49. The number of halogens is 1. The highest BCUT2D eigenvalue weighted by molar-refractivity contribution is 5.84. The first-order valence-electron chi connectivity index (χ1n) is 12.0. The Balaban J connectivity index is 1.32. The number of fused-ring (bicyclic) bond motifs is 2. The maximum Gasteiger partial charge on any atom is 0.410 e. The number of amides is 1. The third kappa shape index (κ3) is 4.85. The second-order valence-corrected chi connectivity index (χ2v) is 10.5. The van der Waals surface area contributed by atoms with Crippen molar-refractivity contribution < 1.29 is 13.9 Å². The molecule has 0 atom stereocenters. The van der Waals surface area contributed by atoms with Crippen LogP contribution in [0.2, 0.25) is 0 Å².